The van der Waals surface area contributed by atoms with E-state index in [1.54, 1.807) is 24.3 Å². The van der Waals surface area contributed by atoms with E-state index in [2.05, 4.69) is 35.9 Å². The van der Waals surface area contributed by atoms with Crippen LogP contribution in [-0.2, 0) is 4.74 Å². The third-order valence-electron chi connectivity index (χ3n) is 4.31. The Morgan fingerprint density at radius 1 is 1.29 bits per heavy atom. The molecule has 0 fully saturated rings. The number of thiophene rings is 1. The highest BCUT2D eigenvalue weighted by atomic mass is 32.1. The van der Waals surface area contributed by atoms with Crippen molar-refractivity contribution >= 4 is 23.2 Å². The van der Waals surface area contributed by atoms with Gasteiger partial charge in [0.25, 0.3) is 0 Å². The molecule has 0 radical (unpaired) electrons. The van der Waals surface area contributed by atoms with Crippen molar-refractivity contribution in [2.24, 2.45) is 0 Å². The summed E-state index contributed by atoms with van der Waals surface area (Å²) in [5.41, 5.74) is -1.12. The van der Waals surface area contributed by atoms with Crippen LogP contribution in [0, 0.1) is 19.8 Å². The Hall–Kier alpha value is -3.51. The van der Waals surface area contributed by atoms with Crippen LogP contribution < -0.4 is 15.7 Å². The van der Waals surface area contributed by atoms with E-state index in [0.717, 1.165) is 11.7 Å². The van der Waals surface area contributed by atoms with Crippen molar-refractivity contribution in [1.82, 2.24) is 5.32 Å². The number of nitrogens with one attached hydrogen (secondary N) is 1. The molecule has 0 aliphatic carbocycles. The van der Waals surface area contributed by atoms with Gasteiger partial charge >= 0.3 is 11.7 Å². The lowest BCUT2D eigenvalue weighted by molar-refractivity contribution is 0.0980. The zero-order valence-corrected chi connectivity index (χ0v) is 21.1. The lowest BCUT2D eigenvalue weighted by Gasteiger charge is -2.10. The maximum Gasteiger partial charge on any atom is 0.410 e. The maximum atomic E-state index is 11.8. The Kier molecular flexibility index (Phi) is 15.3. The number of amides is 1. The molecule has 2 heterocycles. The number of alkyl carbamates (subject to hydrolysis) is 1. The highest BCUT2D eigenvalue weighted by molar-refractivity contribution is 7.13. The molecule has 0 saturated heterocycles. The van der Waals surface area contributed by atoms with Crippen LogP contribution in [0.25, 0.3) is 0 Å². The number of aromatic hydroxyl groups is 1. The number of carbonyl (C=O) groups is 2. The summed E-state index contributed by atoms with van der Waals surface area (Å²) in [6.45, 7) is 8.27. The monoisotopic (exact) mass is 491 g/mol. The largest absolute Gasteiger partial charge is 0.507 e. The molecule has 0 aromatic carbocycles. The number of ether oxygens (including phenoxy) is 2. The smallest absolute Gasteiger partial charge is 0.410 e. The Bertz CT molecular complexity index is 1000. The van der Waals surface area contributed by atoms with Gasteiger partial charge in [0, 0.05) is 29.5 Å². The summed E-state index contributed by atoms with van der Waals surface area (Å²) < 4.78 is 14.8. The van der Waals surface area contributed by atoms with E-state index >= 15 is 0 Å². The number of terminal acetylenes is 1. The highest BCUT2D eigenvalue weighted by Gasteiger charge is 2.19. The van der Waals surface area contributed by atoms with Crippen LogP contribution >= 0.6 is 11.3 Å². The molecular formula is C25H33NO7S. The van der Waals surface area contributed by atoms with Crippen molar-refractivity contribution in [3.63, 3.8) is 0 Å². The first-order valence-electron chi connectivity index (χ1n) is 10.7. The van der Waals surface area contributed by atoms with E-state index in [-0.39, 0.29) is 23.7 Å². The predicted molar refractivity (Wildman–Crippen MR) is 134 cm³/mol. The number of rotatable bonds is 9. The number of hydrogen-bond donors (Lipinski definition) is 2. The molecule has 0 bridgehead atoms. The van der Waals surface area contributed by atoms with Crippen molar-refractivity contribution in [2.75, 3.05) is 13.7 Å². The van der Waals surface area contributed by atoms with Crippen LogP contribution in [0.15, 0.2) is 39.7 Å². The minimum Gasteiger partial charge on any atom is -0.507 e. The zero-order valence-electron chi connectivity index (χ0n) is 20.3. The van der Waals surface area contributed by atoms with E-state index < -0.39 is 17.5 Å². The summed E-state index contributed by atoms with van der Waals surface area (Å²) >= 11 is 1.69. The van der Waals surface area contributed by atoms with Crippen molar-refractivity contribution in [2.45, 2.75) is 52.9 Å². The SMILES string of the molecule is C#C.CCC(=O)c1c(O)cc(C(C)CC/C=C/NC(=O)OC)oc1=O.CCOc1ccc(C)s1. The molecule has 1 amide bonds. The van der Waals surface area contributed by atoms with Gasteiger partial charge in [-0.3, -0.25) is 10.1 Å². The van der Waals surface area contributed by atoms with E-state index in [1.807, 2.05) is 19.9 Å². The van der Waals surface area contributed by atoms with Gasteiger partial charge in [-0.1, -0.05) is 19.9 Å². The van der Waals surface area contributed by atoms with Crippen molar-refractivity contribution in [3.8, 4) is 23.7 Å². The quantitative estimate of drug-likeness (QED) is 0.357. The third-order valence-corrected chi connectivity index (χ3v) is 5.22. The minimum absolute atomic E-state index is 0.116. The van der Waals surface area contributed by atoms with Crippen LogP contribution in [0.1, 0.15) is 66.9 Å². The van der Waals surface area contributed by atoms with Gasteiger partial charge in [-0.25, -0.2) is 9.59 Å². The normalized spacial score (nSPS) is 10.8. The number of ketones is 1. The Morgan fingerprint density at radius 3 is 2.47 bits per heavy atom. The standard InChI is InChI=1S/C16H21NO6.C7H10OS.C2H2/c1-4-11(18)14-12(19)9-13(23-15(14)20)10(2)7-5-6-8-17-16(21)22-3;1-3-8-7-5-4-6(2)9-7;1-2/h6,8-10,19H,4-5,7H2,1-3H3,(H,17,21);4-5H,3H2,1-2H3;1-2H/b8-6+;;. The Labute approximate surface area is 204 Å². The second-order valence-corrected chi connectivity index (χ2v) is 8.04. The lowest BCUT2D eigenvalue weighted by Crippen LogP contribution is -2.16. The van der Waals surface area contributed by atoms with Crippen molar-refractivity contribution < 1.29 is 28.6 Å². The molecule has 8 nitrogen and oxygen atoms in total. The number of methoxy groups -OCH3 is 1. The van der Waals surface area contributed by atoms with E-state index in [1.165, 1.54) is 24.3 Å². The first kappa shape index (κ1) is 30.5. The average Bonchev–Trinajstić information content (AvgIpc) is 3.24. The summed E-state index contributed by atoms with van der Waals surface area (Å²) in [6.07, 6.45) is 12.0. The summed E-state index contributed by atoms with van der Waals surface area (Å²) in [7, 11) is 1.27. The number of aryl methyl sites for hydroxylation is 1. The van der Waals surface area contributed by atoms with E-state index in [9.17, 15) is 19.5 Å². The van der Waals surface area contributed by atoms with Crippen molar-refractivity contribution in [1.29, 1.82) is 0 Å². The fourth-order valence-corrected chi connectivity index (χ4v) is 3.33. The predicted octanol–water partition coefficient (Wildman–Crippen LogP) is 5.40. The molecule has 1 atom stereocenters. The molecule has 2 N–H and O–H groups in total. The molecule has 0 aliphatic rings. The molecule has 0 spiro atoms. The number of Topliss-reactive ketones (excluding diaryl/α,β-unsaturated/α-hetero) is 1. The zero-order chi connectivity index (χ0) is 26.1. The minimum atomic E-state index is -0.818. The van der Waals surface area contributed by atoms with Crippen LogP contribution in [0.4, 0.5) is 4.79 Å². The maximum absolute atomic E-state index is 11.8. The second kappa shape index (κ2) is 17.0. The molecule has 2 rings (SSSR count). The van der Waals surface area contributed by atoms with Gasteiger partial charge in [0.1, 0.15) is 17.1 Å². The first-order valence-corrected chi connectivity index (χ1v) is 11.5. The summed E-state index contributed by atoms with van der Waals surface area (Å²) in [5.74, 6) is -0.623. The highest BCUT2D eigenvalue weighted by Crippen LogP contribution is 2.25. The van der Waals surface area contributed by atoms with Gasteiger partial charge < -0.3 is 19.0 Å². The molecule has 9 heteroatoms. The number of allylic oxidation sites excluding steroid dienone is 1. The molecule has 34 heavy (non-hydrogen) atoms. The molecule has 0 aliphatic heterocycles. The van der Waals surface area contributed by atoms with Gasteiger partial charge in [-0.15, -0.1) is 24.2 Å². The van der Waals surface area contributed by atoms with Gasteiger partial charge in [0.2, 0.25) is 0 Å². The topological polar surface area (TPSA) is 115 Å². The fourth-order valence-electron chi connectivity index (χ4n) is 2.56. The van der Waals surface area contributed by atoms with E-state index in [0.29, 0.717) is 18.6 Å². The molecule has 2 aromatic heterocycles. The number of hydrogen-bond acceptors (Lipinski definition) is 8. The average molecular weight is 492 g/mol. The summed E-state index contributed by atoms with van der Waals surface area (Å²) in [4.78, 5) is 35.5. The van der Waals surface area contributed by atoms with Gasteiger partial charge in [0.05, 0.1) is 13.7 Å². The fraction of sp³-hybridized carbons (Fsp3) is 0.400. The van der Waals surface area contributed by atoms with Gasteiger partial charge in [-0.05, 0) is 38.8 Å². The van der Waals surface area contributed by atoms with Gasteiger partial charge in [-0.2, -0.15) is 0 Å². The van der Waals surface area contributed by atoms with Crippen LogP contribution in [0.3, 0.4) is 0 Å². The van der Waals surface area contributed by atoms with Crippen LogP contribution in [-0.4, -0.2) is 30.7 Å². The van der Waals surface area contributed by atoms with Gasteiger partial charge in [0.15, 0.2) is 10.8 Å². The van der Waals surface area contributed by atoms with E-state index in [4.69, 9.17) is 9.15 Å². The Balaban J connectivity index is 0.000000819. The first-order chi connectivity index (χ1) is 16.2. The number of carbonyl (C=O) groups excluding carboxylic acids is 2. The Morgan fingerprint density at radius 2 is 1.97 bits per heavy atom. The summed E-state index contributed by atoms with van der Waals surface area (Å²) in [5, 5.41) is 13.3. The molecule has 0 saturated carbocycles. The molecule has 186 valence electrons. The molecule has 2 aromatic rings. The van der Waals surface area contributed by atoms with Crippen LogP contribution in [0.5, 0.6) is 10.8 Å². The molecular weight excluding hydrogens is 458 g/mol. The third kappa shape index (κ3) is 10.9. The lowest BCUT2D eigenvalue weighted by atomic mass is 10.0. The molecule has 1 unspecified atom stereocenters. The second-order valence-electron chi connectivity index (χ2n) is 6.79. The summed E-state index contributed by atoms with van der Waals surface area (Å²) in [6, 6.07) is 5.38. The van der Waals surface area contributed by atoms with Crippen molar-refractivity contribution in [3.05, 3.63) is 57.1 Å². The van der Waals surface area contributed by atoms with Crippen LogP contribution in [0.2, 0.25) is 0 Å².